The van der Waals surface area contributed by atoms with E-state index < -0.39 is 5.60 Å². The molecule has 0 aliphatic heterocycles. The number of ketones is 1. The van der Waals surface area contributed by atoms with E-state index in [0.29, 0.717) is 6.42 Å². The highest BCUT2D eigenvalue weighted by Gasteiger charge is 2.17. The van der Waals surface area contributed by atoms with Crippen molar-refractivity contribution in [1.29, 1.82) is 0 Å². The molecule has 0 aromatic heterocycles. The van der Waals surface area contributed by atoms with Gasteiger partial charge < -0.3 is 4.74 Å². The Morgan fingerprint density at radius 3 is 2.50 bits per heavy atom. The fourth-order valence-corrected chi connectivity index (χ4v) is 2.22. The number of ether oxygens (including phenoxy) is 1. The summed E-state index contributed by atoms with van der Waals surface area (Å²) in [5.41, 5.74) is 0.498. The molecule has 0 aliphatic rings. The Bertz CT molecular complexity index is 475. The first-order chi connectivity index (χ1) is 9.30. The van der Waals surface area contributed by atoms with Crippen LogP contribution in [0.4, 0.5) is 0 Å². The molecule has 0 bridgehead atoms. The third-order valence-electron chi connectivity index (χ3n) is 2.56. The summed E-state index contributed by atoms with van der Waals surface area (Å²) in [6.45, 7) is 5.46. The standard InChI is InChI=1S/C16H22O3S/c1-16(2,3)19-15(18)9-8-13(17)10-12-6-5-7-14(11-12)20-4/h5-7,11H,8-10H2,1-4H3. The van der Waals surface area contributed by atoms with E-state index >= 15 is 0 Å². The third-order valence-corrected chi connectivity index (χ3v) is 3.29. The lowest BCUT2D eigenvalue weighted by Crippen LogP contribution is -2.24. The molecule has 0 fully saturated rings. The molecule has 0 N–H and O–H groups in total. The highest BCUT2D eigenvalue weighted by Crippen LogP contribution is 2.17. The number of Topliss-reactive ketones (excluding diaryl/α,β-unsaturated/α-hetero) is 1. The first-order valence-electron chi connectivity index (χ1n) is 6.66. The van der Waals surface area contributed by atoms with Gasteiger partial charge in [0.15, 0.2) is 0 Å². The maximum absolute atomic E-state index is 11.9. The Morgan fingerprint density at radius 1 is 1.20 bits per heavy atom. The van der Waals surface area contributed by atoms with Gasteiger partial charge >= 0.3 is 5.97 Å². The molecule has 0 radical (unpaired) electrons. The highest BCUT2D eigenvalue weighted by atomic mass is 32.2. The molecule has 0 aliphatic carbocycles. The molecule has 1 aromatic carbocycles. The predicted octanol–water partition coefficient (Wildman–Crippen LogP) is 3.64. The lowest BCUT2D eigenvalue weighted by Gasteiger charge is -2.19. The molecule has 0 heterocycles. The van der Waals surface area contributed by atoms with Gasteiger partial charge in [-0.25, -0.2) is 0 Å². The van der Waals surface area contributed by atoms with E-state index in [-0.39, 0.29) is 24.6 Å². The first kappa shape index (κ1) is 16.8. The van der Waals surface area contributed by atoms with Gasteiger partial charge in [0.2, 0.25) is 0 Å². The Hall–Kier alpha value is -1.29. The predicted molar refractivity (Wildman–Crippen MR) is 82.0 cm³/mol. The van der Waals surface area contributed by atoms with Gasteiger partial charge in [-0.15, -0.1) is 11.8 Å². The topological polar surface area (TPSA) is 43.4 Å². The molecule has 0 atom stereocenters. The van der Waals surface area contributed by atoms with Crippen LogP contribution in [-0.2, 0) is 20.7 Å². The average Bonchev–Trinajstić information content (AvgIpc) is 2.34. The molecule has 20 heavy (non-hydrogen) atoms. The molecule has 0 spiro atoms. The Morgan fingerprint density at radius 2 is 1.90 bits per heavy atom. The largest absolute Gasteiger partial charge is 0.460 e. The van der Waals surface area contributed by atoms with E-state index in [1.165, 1.54) is 0 Å². The highest BCUT2D eigenvalue weighted by molar-refractivity contribution is 7.98. The number of carbonyl (C=O) groups excluding carboxylic acids is 2. The van der Waals surface area contributed by atoms with Crippen molar-refractivity contribution in [3.05, 3.63) is 29.8 Å². The summed E-state index contributed by atoms with van der Waals surface area (Å²) >= 11 is 1.65. The second-order valence-electron chi connectivity index (χ2n) is 5.65. The second kappa shape index (κ2) is 7.48. The summed E-state index contributed by atoms with van der Waals surface area (Å²) in [4.78, 5) is 24.5. The van der Waals surface area contributed by atoms with Gasteiger partial charge in [-0.1, -0.05) is 12.1 Å². The van der Waals surface area contributed by atoms with Crippen LogP contribution in [0, 0.1) is 0 Å². The summed E-state index contributed by atoms with van der Waals surface area (Å²) in [5, 5.41) is 0. The minimum absolute atomic E-state index is 0.0640. The molecular formula is C16H22O3S. The third kappa shape index (κ3) is 6.75. The van der Waals surface area contributed by atoms with E-state index in [1.807, 2.05) is 51.3 Å². The van der Waals surface area contributed by atoms with Crippen LogP contribution in [0.2, 0.25) is 0 Å². The zero-order chi connectivity index (χ0) is 15.2. The van der Waals surface area contributed by atoms with Crippen LogP contribution in [-0.4, -0.2) is 23.6 Å². The monoisotopic (exact) mass is 294 g/mol. The summed E-state index contributed by atoms with van der Waals surface area (Å²) in [5.74, 6) is -0.252. The van der Waals surface area contributed by atoms with E-state index in [0.717, 1.165) is 10.5 Å². The average molecular weight is 294 g/mol. The van der Waals surface area contributed by atoms with Crippen molar-refractivity contribution in [1.82, 2.24) is 0 Å². The van der Waals surface area contributed by atoms with Gasteiger partial charge in [-0.2, -0.15) is 0 Å². The lowest BCUT2D eigenvalue weighted by molar-refractivity contribution is -0.155. The number of hydrogen-bond acceptors (Lipinski definition) is 4. The maximum atomic E-state index is 11.9. The van der Waals surface area contributed by atoms with Gasteiger partial charge in [0.1, 0.15) is 11.4 Å². The minimum atomic E-state index is -0.493. The SMILES string of the molecule is CSc1cccc(CC(=O)CCC(=O)OC(C)(C)C)c1. The van der Waals surface area contributed by atoms with Crippen LogP contribution < -0.4 is 0 Å². The molecule has 4 heteroatoms. The number of esters is 1. The second-order valence-corrected chi connectivity index (χ2v) is 6.53. The fourth-order valence-electron chi connectivity index (χ4n) is 1.73. The van der Waals surface area contributed by atoms with Crippen LogP contribution in [0.3, 0.4) is 0 Å². The fraction of sp³-hybridized carbons (Fsp3) is 0.500. The van der Waals surface area contributed by atoms with Crippen molar-refractivity contribution in [2.75, 3.05) is 6.26 Å². The summed E-state index contributed by atoms with van der Waals surface area (Å²) < 4.78 is 5.18. The van der Waals surface area contributed by atoms with E-state index in [4.69, 9.17) is 4.74 Å². The van der Waals surface area contributed by atoms with Crippen LogP contribution in [0.5, 0.6) is 0 Å². The van der Waals surface area contributed by atoms with Gasteiger partial charge in [0.25, 0.3) is 0 Å². The van der Waals surface area contributed by atoms with E-state index in [9.17, 15) is 9.59 Å². The Balaban J connectivity index is 2.42. The van der Waals surface area contributed by atoms with Crippen LogP contribution >= 0.6 is 11.8 Å². The Labute approximate surface area is 125 Å². The van der Waals surface area contributed by atoms with Crippen molar-refractivity contribution in [2.45, 2.75) is 50.5 Å². The maximum Gasteiger partial charge on any atom is 0.306 e. The molecule has 1 rings (SSSR count). The van der Waals surface area contributed by atoms with Gasteiger partial charge in [-0.05, 0) is 44.7 Å². The van der Waals surface area contributed by atoms with E-state index in [2.05, 4.69) is 0 Å². The van der Waals surface area contributed by atoms with Crippen molar-refractivity contribution in [3.8, 4) is 0 Å². The molecule has 0 amide bonds. The number of rotatable bonds is 6. The summed E-state index contributed by atoms with van der Waals surface area (Å²) in [6.07, 6.45) is 2.76. The molecule has 1 aromatic rings. The first-order valence-corrected chi connectivity index (χ1v) is 7.89. The van der Waals surface area contributed by atoms with Gasteiger partial charge in [0, 0.05) is 17.7 Å². The Kier molecular flexibility index (Phi) is 6.27. The molecule has 0 unspecified atom stereocenters. The summed E-state index contributed by atoms with van der Waals surface area (Å²) in [7, 11) is 0. The van der Waals surface area contributed by atoms with Crippen molar-refractivity contribution >= 4 is 23.5 Å². The number of benzene rings is 1. The van der Waals surface area contributed by atoms with Crippen LogP contribution in [0.25, 0.3) is 0 Å². The zero-order valence-corrected chi connectivity index (χ0v) is 13.4. The van der Waals surface area contributed by atoms with Crippen molar-refractivity contribution in [2.24, 2.45) is 0 Å². The van der Waals surface area contributed by atoms with Crippen molar-refractivity contribution in [3.63, 3.8) is 0 Å². The molecule has 3 nitrogen and oxygen atoms in total. The number of carbonyl (C=O) groups is 2. The van der Waals surface area contributed by atoms with E-state index in [1.54, 1.807) is 11.8 Å². The molecule has 0 saturated heterocycles. The lowest BCUT2D eigenvalue weighted by atomic mass is 10.1. The normalized spacial score (nSPS) is 11.2. The van der Waals surface area contributed by atoms with Crippen LogP contribution in [0.15, 0.2) is 29.2 Å². The summed E-state index contributed by atoms with van der Waals surface area (Å²) in [6, 6.07) is 7.91. The molecular weight excluding hydrogens is 272 g/mol. The number of thioether (sulfide) groups is 1. The smallest absolute Gasteiger partial charge is 0.306 e. The molecule has 0 saturated carbocycles. The van der Waals surface area contributed by atoms with Crippen LogP contribution in [0.1, 0.15) is 39.2 Å². The number of hydrogen-bond donors (Lipinski definition) is 0. The quantitative estimate of drug-likeness (QED) is 0.593. The van der Waals surface area contributed by atoms with Gasteiger partial charge in [-0.3, -0.25) is 9.59 Å². The zero-order valence-electron chi connectivity index (χ0n) is 12.6. The van der Waals surface area contributed by atoms with Gasteiger partial charge in [0.05, 0.1) is 6.42 Å². The minimum Gasteiger partial charge on any atom is -0.460 e. The van der Waals surface area contributed by atoms with Crippen molar-refractivity contribution < 1.29 is 14.3 Å². The molecule has 110 valence electrons.